The van der Waals surface area contributed by atoms with Crippen molar-refractivity contribution in [2.75, 3.05) is 32.7 Å². The minimum Gasteiger partial charge on any atom is -0.350 e. The Morgan fingerprint density at radius 2 is 1.88 bits per heavy atom. The van der Waals surface area contributed by atoms with Crippen LogP contribution in [0.2, 0.25) is 0 Å². The largest absolute Gasteiger partial charge is 0.350 e. The first-order valence-electron chi connectivity index (χ1n) is 9.02. The number of likely N-dealkylation sites (tertiary alicyclic amines) is 2. The molecule has 2 saturated heterocycles. The van der Waals surface area contributed by atoms with Crippen molar-refractivity contribution in [1.82, 2.24) is 15.1 Å². The Hall–Kier alpha value is -1.40. The Bertz CT molecular complexity index is 532. The Labute approximate surface area is 148 Å². The molecule has 132 valence electrons. The summed E-state index contributed by atoms with van der Waals surface area (Å²) in [5.74, 6) is 0.578. The summed E-state index contributed by atoms with van der Waals surface area (Å²) in [7, 11) is 0. The van der Waals surface area contributed by atoms with Gasteiger partial charge in [-0.2, -0.15) is 0 Å². The fourth-order valence-electron chi connectivity index (χ4n) is 3.57. The van der Waals surface area contributed by atoms with Gasteiger partial charge in [-0.1, -0.05) is 6.07 Å². The van der Waals surface area contributed by atoms with Gasteiger partial charge in [-0.25, -0.2) is 0 Å². The zero-order chi connectivity index (χ0) is 16.8. The third kappa shape index (κ3) is 4.80. The first kappa shape index (κ1) is 17.4. The number of carbonyl (C=O) groups is 2. The summed E-state index contributed by atoms with van der Waals surface area (Å²) in [5, 5.41) is 4.99. The van der Waals surface area contributed by atoms with Gasteiger partial charge in [-0.3, -0.25) is 14.5 Å². The molecule has 24 heavy (non-hydrogen) atoms. The molecule has 0 aliphatic carbocycles. The molecule has 1 aromatic heterocycles. The number of hydrogen-bond acceptors (Lipinski definition) is 4. The highest BCUT2D eigenvalue weighted by Crippen LogP contribution is 2.21. The molecule has 0 aromatic carbocycles. The van der Waals surface area contributed by atoms with Crippen molar-refractivity contribution >= 4 is 23.2 Å². The van der Waals surface area contributed by atoms with Crippen LogP contribution < -0.4 is 5.32 Å². The lowest BCUT2D eigenvalue weighted by atomic mass is 9.94. The van der Waals surface area contributed by atoms with Crippen molar-refractivity contribution < 1.29 is 9.59 Å². The Morgan fingerprint density at radius 3 is 2.54 bits per heavy atom. The van der Waals surface area contributed by atoms with Crippen LogP contribution in [0.25, 0.3) is 0 Å². The predicted molar refractivity (Wildman–Crippen MR) is 95.8 cm³/mol. The topological polar surface area (TPSA) is 52.7 Å². The maximum Gasteiger partial charge on any atom is 0.234 e. The summed E-state index contributed by atoms with van der Waals surface area (Å²) in [4.78, 5) is 30.0. The van der Waals surface area contributed by atoms with Crippen LogP contribution in [-0.2, 0) is 16.1 Å². The van der Waals surface area contributed by atoms with Crippen LogP contribution in [0.3, 0.4) is 0 Å². The van der Waals surface area contributed by atoms with Crippen molar-refractivity contribution in [3.8, 4) is 0 Å². The van der Waals surface area contributed by atoms with Gasteiger partial charge < -0.3 is 10.2 Å². The van der Waals surface area contributed by atoms with Gasteiger partial charge in [0.15, 0.2) is 0 Å². The lowest BCUT2D eigenvalue weighted by Gasteiger charge is -2.35. The number of nitrogens with zero attached hydrogens (tertiary/aromatic N) is 2. The average Bonchev–Trinajstić information content (AvgIpc) is 3.14. The highest BCUT2D eigenvalue weighted by molar-refractivity contribution is 7.09. The van der Waals surface area contributed by atoms with Gasteiger partial charge in [0.2, 0.25) is 11.8 Å². The zero-order valence-electron chi connectivity index (χ0n) is 14.2. The van der Waals surface area contributed by atoms with E-state index in [1.54, 1.807) is 11.3 Å². The van der Waals surface area contributed by atoms with Gasteiger partial charge in [0.1, 0.15) is 0 Å². The third-order valence-corrected chi connectivity index (χ3v) is 5.89. The molecule has 2 amide bonds. The van der Waals surface area contributed by atoms with E-state index in [-0.39, 0.29) is 11.8 Å². The van der Waals surface area contributed by atoms with E-state index in [0.29, 0.717) is 19.0 Å². The second-order valence-electron chi connectivity index (χ2n) is 6.79. The molecular weight excluding hydrogens is 322 g/mol. The molecule has 0 saturated carbocycles. The molecule has 6 heteroatoms. The van der Waals surface area contributed by atoms with Gasteiger partial charge >= 0.3 is 0 Å². The SMILES string of the molecule is O=C(CN1CCC(C(=O)N2CCCCC2)CC1)NCc1cccs1. The molecule has 0 bridgehead atoms. The van der Waals surface area contributed by atoms with Crippen molar-refractivity contribution in [3.05, 3.63) is 22.4 Å². The van der Waals surface area contributed by atoms with Gasteiger partial charge in [0.25, 0.3) is 0 Å². The van der Waals surface area contributed by atoms with Gasteiger partial charge in [0, 0.05) is 23.9 Å². The molecule has 1 aromatic rings. The minimum atomic E-state index is 0.0733. The van der Waals surface area contributed by atoms with Crippen LogP contribution in [0, 0.1) is 5.92 Å². The zero-order valence-corrected chi connectivity index (χ0v) is 15.0. The lowest BCUT2D eigenvalue weighted by molar-refractivity contribution is -0.138. The molecule has 0 unspecified atom stereocenters. The molecule has 2 aliphatic rings. The first-order valence-corrected chi connectivity index (χ1v) is 9.90. The lowest BCUT2D eigenvalue weighted by Crippen LogP contribution is -2.46. The second-order valence-corrected chi connectivity index (χ2v) is 7.82. The van der Waals surface area contributed by atoms with Crippen LogP contribution in [0.5, 0.6) is 0 Å². The third-order valence-electron chi connectivity index (χ3n) is 5.01. The van der Waals surface area contributed by atoms with E-state index in [9.17, 15) is 9.59 Å². The number of rotatable bonds is 5. The molecule has 0 radical (unpaired) electrons. The summed E-state index contributed by atoms with van der Waals surface area (Å²) in [5.41, 5.74) is 0. The van der Waals surface area contributed by atoms with E-state index in [1.165, 1.54) is 11.3 Å². The van der Waals surface area contributed by atoms with Crippen LogP contribution in [-0.4, -0.2) is 54.3 Å². The molecule has 2 aliphatic heterocycles. The monoisotopic (exact) mass is 349 g/mol. The van der Waals surface area contributed by atoms with Gasteiger partial charge in [0.05, 0.1) is 13.1 Å². The molecule has 2 fully saturated rings. The standard InChI is InChI=1S/C18H27N3O2S/c22-17(19-13-16-5-4-12-24-16)14-20-10-6-15(7-11-20)18(23)21-8-2-1-3-9-21/h4-5,12,15H,1-3,6-11,13-14H2,(H,19,22). The number of thiophene rings is 1. The average molecular weight is 350 g/mol. The maximum absolute atomic E-state index is 12.5. The van der Waals surface area contributed by atoms with Crippen molar-refractivity contribution in [1.29, 1.82) is 0 Å². The summed E-state index contributed by atoms with van der Waals surface area (Å²) in [6, 6.07) is 4.03. The molecule has 3 rings (SSSR count). The smallest absolute Gasteiger partial charge is 0.234 e. The van der Waals surface area contributed by atoms with Crippen molar-refractivity contribution in [3.63, 3.8) is 0 Å². The number of piperidine rings is 2. The van der Waals surface area contributed by atoms with Gasteiger partial charge in [-0.15, -0.1) is 11.3 Å². The maximum atomic E-state index is 12.5. The number of carbonyl (C=O) groups excluding carboxylic acids is 2. The molecule has 3 heterocycles. The van der Waals surface area contributed by atoms with Crippen LogP contribution in [0.1, 0.15) is 37.0 Å². The Kier molecular flexibility index (Phi) is 6.26. The summed E-state index contributed by atoms with van der Waals surface area (Å²) >= 11 is 1.66. The van der Waals surface area contributed by atoms with Crippen LogP contribution >= 0.6 is 11.3 Å². The summed E-state index contributed by atoms with van der Waals surface area (Å²) in [6.07, 6.45) is 5.31. The summed E-state index contributed by atoms with van der Waals surface area (Å²) in [6.45, 7) is 4.61. The number of hydrogen-bond donors (Lipinski definition) is 1. The molecule has 0 spiro atoms. The highest BCUT2D eigenvalue weighted by Gasteiger charge is 2.29. The predicted octanol–water partition coefficient (Wildman–Crippen LogP) is 2.09. The van der Waals surface area contributed by atoms with Crippen molar-refractivity contribution in [2.24, 2.45) is 5.92 Å². The Morgan fingerprint density at radius 1 is 1.12 bits per heavy atom. The fraction of sp³-hybridized carbons (Fsp3) is 0.667. The van der Waals surface area contributed by atoms with Crippen molar-refractivity contribution in [2.45, 2.75) is 38.6 Å². The first-order chi connectivity index (χ1) is 11.7. The molecular formula is C18H27N3O2S. The van der Waals surface area contributed by atoms with E-state index in [4.69, 9.17) is 0 Å². The quantitative estimate of drug-likeness (QED) is 0.886. The van der Waals surface area contributed by atoms with Crippen LogP contribution in [0.15, 0.2) is 17.5 Å². The normalized spacial score (nSPS) is 20.1. The van der Waals surface area contributed by atoms with E-state index < -0.39 is 0 Å². The number of nitrogens with one attached hydrogen (secondary N) is 1. The highest BCUT2D eigenvalue weighted by atomic mass is 32.1. The van der Waals surface area contributed by atoms with E-state index in [2.05, 4.69) is 15.1 Å². The Balaban J connectivity index is 1.36. The summed E-state index contributed by atoms with van der Waals surface area (Å²) < 4.78 is 0. The van der Waals surface area contributed by atoms with Gasteiger partial charge in [-0.05, 0) is 56.6 Å². The van der Waals surface area contributed by atoms with E-state index >= 15 is 0 Å². The van der Waals surface area contributed by atoms with Crippen LogP contribution in [0.4, 0.5) is 0 Å². The minimum absolute atomic E-state index is 0.0733. The van der Waals surface area contributed by atoms with E-state index in [1.807, 2.05) is 17.5 Å². The second kappa shape index (κ2) is 8.62. The molecule has 5 nitrogen and oxygen atoms in total. The van der Waals surface area contributed by atoms with E-state index in [0.717, 1.165) is 51.9 Å². The molecule has 1 N–H and O–H groups in total. The number of amides is 2. The molecule has 0 atom stereocenters. The fourth-order valence-corrected chi connectivity index (χ4v) is 4.21.